The van der Waals surface area contributed by atoms with Crippen LogP contribution in [0.15, 0.2) is 35.3 Å². The van der Waals surface area contributed by atoms with Crippen LogP contribution in [0.2, 0.25) is 5.02 Å². The van der Waals surface area contributed by atoms with Crippen LogP contribution < -0.4 is 10.5 Å². The number of aromatic nitrogens is 3. The normalized spacial score (nSPS) is 14.8. The average molecular weight is 394 g/mol. The second-order valence-electron chi connectivity index (χ2n) is 5.77. The van der Waals surface area contributed by atoms with Crippen LogP contribution in [-0.4, -0.2) is 51.6 Å². The minimum absolute atomic E-state index is 0.106. The molecule has 0 radical (unpaired) electrons. The summed E-state index contributed by atoms with van der Waals surface area (Å²) >= 11 is 7.31. The maximum Gasteiger partial charge on any atom is 0.275 e. The fourth-order valence-corrected chi connectivity index (χ4v) is 3.97. The molecule has 0 saturated carbocycles. The van der Waals surface area contributed by atoms with E-state index >= 15 is 0 Å². The number of carbonyl (C=O) groups is 1. The van der Waals surface area contributed by atoms with E-state index in [1.165, 1.54) is 40.2 Å². The third kappa shape index (κ3) is 3.04. The highest BCUT2D eigenvalue weighted by molar-refractivity contribution is 7.20. The summed E-state index contributed by atoms with van der Waals surface area (Å²) in [6.45, 7) is 2.09. The van der Waals surface area contributed by atoms with E-state index in [2.05, 4.69) is 10.1 Å². The van der Waals surface area contributed by atoms with Crippen molar-refractivity contribution in [3.8, 4) is 0 Å². The SMILES string of the molecule is O=C(c1ccc(F)cc1Cl)N1CCN(c2nn3c(=O)ccnc3s2)CC1. The summed E-state index contributed by atoms with van der Waals surface area (Å²) in [4.78, 5) is 32.7. The second kappa shape index (κ2) is 6.65. The van der Waals surface area contributed by atoms with Gasteiger partial charge in [-0.2, -0.15) is 4.52 Å². The Hall–Kier alpha value is -2.52. The van der Waals surface area contributed by atoms with Gasteiger partial charge in [0.15, 0.2) is 0 Å². The first kappa shape index (κ1) is 16.9. The van der Waals surface area contributed by atoms with Gasteiger partial charge >= 0.3 is 0 Å². The number of carbonyl (C=O) groups excluding carboxylic acids is 1. The predicted octanol–water partition coefficient (Wildman–Crippen LogP) is 1.91. The van der Waals surface area contributed by atoms with Crippen molar-refractivity contribution in [1.82, 2.24) is 19.5 Å². The Balaban J connectivity index is 1.48. The number of fused-ring (bicyclic) bond motifs is 1. The van der Waals surface area contributed by atoms with Crippen molar-refractivity contribution in [2.75, 3.05) is 31.1 Å². The van der Waals surface area contributed by atoms with Crippen LogP contribution in [-0.2, 0) is 0 Å². The van der Waals surface area contributed by atoms with E-state index in [9.17, 15) is 14.0 Å². The first-order chi connectivity index (χ1) is 12.5. The lowest BCUT2D eigenvalue weighted by Gasteiger charge is -2.34. The molecule has 7 nitrogen and oxygen atoms in total. The molecule has 1 aliphatic heterocycles. The molecular formula is C16H13ClFN5O2S. The number of nitrogens with zero attached hydrogens (tertiary/aromatic N) is 5. The average Bonchev–Trinajstić information content (AvgIpc) is 3.07. The van der Waals surface area contributed by atoms with Crippen molar-refractivity contribution in [3.63, 3.8) is 0 Å². The highest BCUT2D eigenvalue weighted by atomic mass is 35.5. The zero-order valence-corrected chi connectivity index (χ0v) is 15.0. The number of piperazine rings is 1. The first-order valence-electron chi connectivity index (χ1n) is 7.87. The van der Waals surface area contributed by atoms with Crippen LogP contribution in [0.4, 0.5) is 9.52 Å². The molecule has 0 unspecified atom stereocenters. The summed E-state index contributed by atoms with van der Waals surface area (Å²) < 4.78 is 14.4. The molecule has 1 aromatic carbocycles. The van der Waals surface area contributed by atoms with E-state index < -0.39 is 5.82 Å². The van der Waals surface area contributed by atoms with Crippen molar-refractivity contribution in [3.05, 3.63) is 57.2 Å². The van der Waals surface area contributed by atoms with Crippen molar-refractivity contribution >= 4 is 38.9 Å². The summed E-state index contributed by atoms with van der Waals surface area (Å²) in [6, 6.07) is 5.12. The molecular weight excluding hydrogens is 381 g/mol. The van der Waals surface area contributed by atoms with Gasteiger partial charge < -0.3 is 9.80 Å². The van der Waals surface area contributed by atoms with Gasteiger partial charge in [-0.25, -0.2) is 9.37 Å². The zero-order valence-electron chi connectivity index (χ0n) is 13.4. The van der Waals surface area contributed by atoms with Crippen molar-refractivity contribution in [1.29, 1.82) is 0 Å². The number of rotatable bonds is 2. The van der Waals surface area contributed by atoms with Crippen molar-refractivity contribution in [2.24, 2.45) is 0 Å². The summed E-state index contributed by atoms with van der Waals surface area (Å²) in [7, 11) is 0. The summed E-state index contributed by atoms with van der Waals surface area (Å²) in [5, 5.41) is 5.10. The van der Waals surface area contributed by atoms with E-state index in [1.54, 1.807) is 4.90 Å². The third-order valence-corrected chi connectivity index (χ3v) is 5.46. The molecule has 134 valence electrons. The molecule has 26 heavy (non-hydrogen) atoms. The van der Waals surface area contributed by atoms with Crippen molar-refractivity contribution < 1.29 is 9.18 Å². The fourth-order valence-electron chi connectivity index (χ4n) is 2.80. The molecule has 1 fully saturated rings. The minimum Gasteiger partial charge on any atom is -0.343 e. The Morgan fingerprint density at radius 2 is 1.96 bits per heavy atom. The number of amides is 1. The number of hydrogen-bond acceptors (Lipinski definition) is 6. The van der Waals surface area contributed by atoms with Crippen LogP contribution >= 0.6 is 22.9 Å². The van der Waals surface area contributed by atoms with Gasteiger partial charge in [0.25, 0.3) is 11.5 Å². The molecule has 0 aliphatic carbocycles. The second-order valence-corrected chi connectivity index (χ2v) is 7.11. The molecule has 4 rings (SSSR count). The van der Waals surface area contributed by atoms with Gasteiger partial charge in [0.05, 0.1) is 10.6 Å². The highest BCUT2D eigenvalue weighted by Gasteiger charge is 2.25. The van der Waals surface area contributed by atoms with Crippen LogP contribution in [0.25, 0.3) is 4.96 Å². The lowest BCUT2D eigenvalue weighted by molar-refractivity contribution is 0.0747. The molecule has 0 atom stereocenters. The van der Waals surface area contributed by atoms with Crippen molar-refractivity contribution in [2.45, 2.75) is 0 Å². The molecule has 2 aromatic heterocycles. The van der Waals surface area contributed by atoms with E-state index in [4.69, 9.17) is 11.6 Å². The molecule has 1 amide bonds. The number of anilines is 1. The van der Waals surface area contributed by atoms with Gasteiger partial charge in [-0.05, 0) is 18.2 Å². The van der Waals surface area contributed by atoms with Gasteiger partial charge in [-0.3, -0.25) is 9.59 Å². The maximum atomic E-state index is 13.2. The highest BCUT2D eigenvalue weighted by Crippen LogP contribution is 2.24. The molecule has 1 saturated heterocycles. The van der Waals surface area contributed by atoms with Crippen LogP contribution in [0, 0.1) is 5.82 Å². The molecule has 0 spiro atoms. The predicted molar refractivity (Wildman–Crippen MR) is 96.7 cm³/mol. The lowest BCUT2D eigenvalue weighted by atomic mass is 10.1. The molecule has 0 N–H and O–H groups in total. The maximum absolute atomic E-state index is 13.2. The molecule has 10 heteroatoms. The number of halogens is 2. The Labute approximate surface area is 156 Å². The quantitative estimate of drug-likeness (QED) is 0.665. The summed E-state index contributed by atoms with van der Waals surface area (Å²) in [5.41, 5.74) is 0.0644. The van der Waals surface area contributed by atoms with Gasteiger partial charge in [0, 0.05) is 38.4 Å². The summed E-state index contributed by atoms with van der Waals surface area (Å²) in [6.07, 6.45) is 1.46. The fraction of sp³-hybridized carbons (Fsp3) is 0.250. The topological polar surface area (TPSA) is 70.8 Å². The van der Waals surface area contributed by atoms with E-state index in [0.717, 1.165) is 6.07 Å². The van der Waals surface area contributed by atoms with Crippen LogP contribution in [0.3, 0.4) is 0 Å². The number of benzene rings is 1. The van der Waals surface area contributed by atoms with E-state index in [1.807, 2.05) is 4.90 Å². The Morgan fingerprint density at radius 3 is 2.65 bits per heavy atom. The van der Waals surface area contributed by atoms with Crippen LogP contribution in [0.1, 0.15) is 10.4 Å². The van der Waals surface area contributed by atoms with E-state index in [0.29, 0.717) is 36.3 Å². The smallest absolute Gasteiger partial charge is 0.275 e. The number of hydrogen-bond donors (Lipinski definition) is 0. The Morgan fingerprint density at radius 1 is 1.19 bits per heavy atom. The summed E-state index contributed by atoms with van der Waals surface area (Å²) in [5.74, 6) is -0.701. The Kier molecular flexibility index (Phi) is 4.33. The van der Waals surface area contributed by atoms with Gasteiger partial charge in [0.2, 0.25) is 10.1 Å². The van der Waals surface area contributed by atoms with Gasteiger partial charge in [-0.1, -0.05) is 22.9 Å². The monoisotopic (exact) mass is 393 g/mol. The zero-order chi connectivity index (χ0) is 18.3. The lowest BCUT2D eigenvalue weighted by Crippen LogP contribution is -2.48. The molecule has 3 aromatic rings. The third-order valence-electron chi connectivity index (χ3n) is 4.16. The molecule has 0 bridgehead atoms. The molecule has 3 heterocycles. The van der Waals surface area contributed by atoms with E-state index in [-0.39, 0.29) is 22.1 Å². The van der Waals surface area contributed by atoms with Gasteiger partial charge in [0.1, 0.15) is 5.82 Å². The Bertz CT molecular complexity index is 1040. The molecule has 1 aliphatic rings. The standard InChI is InChI=1S/C16H13ClFN5O2S/c17-12-9-10(18)1-2-11(12)14(25)21-5-7-22(8-6-21)16-20-23-13(24)3-4-19-15(23)26-16/h1-4,9H,5-8H2. The first-order valence-corrected chi connectivity index (χ1v) is 9.06. The van der Waals surface area contributed by atoms with Crippen LogP contribution in [0.5, 0.6) is 0 Å². The van der Waals surface area contributed by atoms with Gasteiger partial charge in [-0.15, -0.1) is 5.10 Å². The largest absolute Gasteiger partial charge is 0.343 e. The minimum atomic E-state index is -0.476.